The third-order valence-corrected chi connectivity index (χ3v) is 4.80. The van der Waals surface area contributed by atoms with Gasteiger partial charge in [-0.15, -0.1) is 0 Å². The first kappa shape index (κ1) is 17.7. The summed E-state index contributed by atoms with van der Waals surface area (Å²) in [7, 11) is 0. The molecule has 1 aliphatic heterocycles. The zero-order valence-corrected chi connectivity index (χ0v) is 15.3. The van der Waals surface area contributed by atoms with Gasteiger partial charge in [0.2, 0.25) is 0 Å². The van der Waals surface area contributed by atoms with E-state index in [1.807, 2.05) is 6.92 Å². The fourth-order valence-corrected chi connectivity index (χ4v) is 3.41. The van der Waals surface area contributed by atoms with Crippen LogP contribution in [0.4, 0.5) is 15.8 Å². The lowest BCUT2D eigenvalue weighted by atomic mass is 10.1. The number of benzene rings is 2. The van der Waals surface area contributed by atoms with Crippen molar-refractivity contribution in [1.82, 2.24) is 5.32 Å². The first-order valence-electron chi connectivity index (χ1n) is 8.80. The van der Waals surface area contributed by atoms with Crippen molar-refractivity contribution < 1.29 is 4.39 Å². The average Bonchev–Trinajstić information content (AvgIpc) is 2.64. The lowest BCUT2D eigenvalue weighted by Crippen LogP contribution is -2.31. The Kier molecular flexibility index (Phi) is 5.87. The normalized spacial score (nSPS) is 15.5. The Morgan fingerprint density at radius 2 is 1.72 bits per heavy atom. The first-order valence-corrected chi connectivity index (χ1v) is 9.21. The molecule has 3 rings (SSSR count). The molecule has 2 aromatic rings. The van der Waals surface area contributed by atoms with Crippen LogP contribution in [0.2, 0.25) is 0 Å². The fourth-order valence-electron chi connectivity index (χ4n) is 3.13. The highest BCUT2D eigenvalue weighted by molar-refractivity contribution is 7.80. The molecule has 0 radical (unpaired) electrons. The first-order chi connectivity index (χ1) is 12.1. The number of hydrogen-bond donors (Lipinski definition) is 2. The maximum absolute atomic E-state index is 13.7. The lowest BCUT2D eigenvalue weighted by molar-refractivity contribution is 0.577. The van der Waals surface area contributed by atoms with E-state index >= 15 is 0 Å². The van der Waals surface area contributed by atoms with Crippen LogP contribution in [0.3, 0.4) is 0 Å². The standard InChI is InChI=1S/C20H24FN3S/c1-15(22-20(25)23-19-8-4-3-7-18(19)21)16-9-11-17(12-10-16)24-13-5-2-6-14-24/h3-4,7-12,15H,2,5-6,13-14H2,1H3,(H2,22,23,25)/t15-/m1/s1. The SMILES string of the molecule is C[C@@H](NC(=S)Nc1ccccc1F)c1ccc(N2CCCCC2)cc1. The molecule has 2 N–H and O–H groups in total. The molecule has 3 nitrogen and oxygen atoms in total. The van der Waals surface area contributed by atoms with Crippen molar-refractivity contribution in [3.63, 3.8) is 0 Å². The van der Waals surface area contributed by atoms with Crippen molar-refractivity contribution in [3.8, 4) is 0 Å². The zero-order chi connectivity index (χ0) is 17.6. The van der Waals surface area contributed by atoms with Crippen molar-refractivity contribution in [2.45, 2.75) is 32.2 Å². The van der Waals surface area contributed by atoms with E-state index in [1.165, 1.54) is 31.0 Å². The second-order valence-corrected chi connectivity index (χ2v) is 6.85. The number of halogens is 1. The van der Waals surface area contributed by atoms with Crippen molar-refractivity contribution >= 4 is 28.7 Å². The summed E-state index contributed by atoms with van der Waals surface area (Å²) in [6.45, 7) is 4.33. The third kappa shape index (κ3) is 4.69. The average molecular weight is 357 g/mol. The molecule has 25 heavy (non-hydrogen) atoms. The molecule has 0 bridgehead atoms. The Bertz CT molecular complexity index is 711. The molecular formula is C20H24FN3S. The monoisotopic (exact) mass is 357 g/mol. The van der Waals surface area contributed by atoms with Gasteiger partial charge in [-0.25, -0.2) is 4.39 Å². The predicted octanol–water partition coefficient (Wildman–Crippen LogP) is 4.86. The van der Waals surface area contributed by atoms with Gasteiger partial charge >= 0.3 is 0 Å². The summed E-state index contributed by atoms with van der Waals surface area (Å²) in [6.07, 6.45) is 3.88. The molecule has 1 heterocycles. The fraction of sp³-hybridized carbons (Fsp3) is 0.350. The number of piperidine rings is 1. The van der Waals surface area contributed by atoms with Crippen LogP contribution >= 0.6 is 12.2 Å². The van der Waals surface area contributed by atoms with E-state index in [4.69, 9.17) is 12.2 Å². The molecule has 0 aliphatic carbocycles. The van der Waals surface area contributed by atoms with Crippen LogP contribution in [0.1, 0.15) is 37.8 Å². The lowest BCUT2D eigenvalue weighted by Gasteiger charge is -2.29. The number of anilines is 2. The Hall–Kier alpha value is -2.14. The van der Waals surface area contributed by atoms with Crippen LogP contribution < -0.4 is 15.5 Å². The maximum atomic E-state index is 13.7. The van der Waals surface area contributed by atoms with Crippen LogP contribution in [-0.2, 0) is 0 Å². The molecule has 0 unspecified atom stereocenters. The number of nitrogens with one attached hydrogen (secondary N) is 2. The second kappa shape index (κ2) is 8.30. The molecule has 0 spiro atoms. The van der Waals surface area contributed by atoms with Gasteiger partial charge in [-0.05, 0) is 68.2 Å². The number of thiocarbonyl (C=S) groups is 1. The van der Waals surface area contributed by atoms with Crippen LogP contribution in [0.25, 0.3) is 0 Å². The topological polar surface area (TPSA) is 27.3 Å². The van der Waals surface area contributed by atoms with Crippen molar-refractivity contribution in [2.24, 2.45) is 0 Å². The molecule has 0 saturated carbocycles. The smallest absolute Gasteiger partial charge is 0.171 e. The van der Waals surface area contributed by atoms with Gasteiger partial charge in [0, 0.05) is 18.8 Å². The molecule has 1 atom stereocenters. The van der Waals surface area contributed by atoms with E-state index in [0.717, 1.165) is 18.7 Å². The van der Waals surface area contributed by atoms with Gasteiger partial charge in [0.05, 0.1) is 11.7 Å². The molecular weight excluding hydrogens is 333 g/mol. The van der Waals surface area contributed by atoms with Crippen LogP contribution in [0.5, 0.6) is 0 Å². The van der Waals surface area contributed by atoms with Gasteiger partial charge in [0.25, 0.3) is 0 Å². The summed E-state index contributed by atoms with van der Waals surface area (Å²) in [4.78, 5) is 2.44. The van der Waals surface area contributed by atoms with E-state index in [1.54, 1.807) is 18.2 Å². The number of nitrogens with zero attached hydrogens (tertiary/aromatic N) is 1. The number of rotatable bonds is 4. The number of hydrogen-bond acceptors (Lipinski definition) is 2. The summed E-state index contributed by atoms with van der Waals surface area (Å²) in [5.74, 6) is -0.315. The summed E-state index contributed by atoms with van der Waals surface area (Å²) in [5, 5.41) is 6.54. The van der Waals surface area contributed by atoms with E-state index < -0.39 is 0 Å². The summed E-state index contributed by atoms with van der Waals surface area (Å²) in [6, 6.07) is 15.2. The van der Waals surface area contributed by atoms with Gasteiger partial charge in [0.15, 0.2) is 5.11 Å². The van der Waals surface area contributed by atoms with E-state index in [2.05, 4.69) is 39.8 Å². The van der Waals surface area contributed by atoms with Gasteiger partial charge < -0.3 is 15.5 Å². The highest BCUT2D eigenvalue weighted by Crippen LogP contribution is 2.22. The van der Waals surface area contributed by atoms with E-state index in [0.29, 0.717) is 10.8 Å². The Balaban J connectivity index is 1.58. The van der Waals surface area contributed by atoms with E-state index in [-0.39, 0.29) is 11.9 Å². The molecule has 0 aromatic heterocycles. The van der Waals surface area contributed by atoms with Crippen LogP contribution in [-0.4, -0.2) is 18.2 Å². The summed E-state index contributed by atoms with van der Waals surface area (Å²) < 4.78 is 13.7. The van der Waals surface area contributed by atoms with Crippen LogP contribution in [0, 0.1) is 5.82 Å². The third-order valence-electron chi connectivity index (χ3n) is 4.58. The number of para-hydroxylation sites is 1. The molecule has 1 aliphatic rings. The molecule has 1 saturated heterocycles. The second-order valence-electron chi connectivity index (χ2n) is 6.44. The van der Waals surface area contributed by atoms with Crippen molar-refractivity contribution in [2.75, 3.05) is 23.3 Å². The molecule has 2 aromatic carbocycles. The Labute approximate surface area is 154 Å². The van der Waals surface area contributed by atoms with E-state index in [9.17, 15) is 4.39 Å². The Morgan fingerprint density at radius 1 is 1.04 bits per heavy atom. The highest BCUT2D eigenvalue weighted by Gasteiger charge is 2.12. The molecule has 1 fully saturated rings. The quantitative estimate of drug-likeness (QED) is 0.764. The van der Waals surface area contributed by atoms with Gasteiger partial charge in [0.1, 0.15) is 5.82 Å². The van der Waals surface area contributed by atoms with Gasteiger partial charge in [-0.2, -0.15) is 0 Å². The van der Waals surface area contributed by atoms with Crippen LogP contribution in [0.15, 0.2) is 48.5 Å². The molecule has 5 heteroatoms. The van der Waals surface area contributed by atoms with Gasteiger partial charge in [-0.1, -0.05) is 24.3 Å². The Morgan fingerprint density at radius 3 is 2.40 bits per heavy atom. The largest absolute Gasteiger partial charge is 0.372 e. The maximum Gasteiger partial charge on any atom is 0.171 e. The zero-order valence-electron chi connectivity index (χ0n) is 14.5. The minimum absolute atomic E-state index is 0.0437. The van der Waals surface area contributed by atoms with Crippen molar-refractivity contribution in [3.05, 3.63) is 59.9 Å². The predicted molar refractivity (Wildman–Crippen MR) is 107 cm³/mol. The highest BCUT2D eigenvalue weighted by atomic mass is 32.1. The minimum atomic E-state index is -0.315. The van der Waals surface area contributed by atoms with Gasteiger partial charge in [-0.3, -0.25) is 0 Å². The van der Waals surface area contributed by atoms with Crippen molar-refractivity contribution in [1.29, 1.82) is 0 Å². The molecule has 132 valence electrons. The summed E-state index contributed by atoms with van der Waals surface area (Å²) in [5.41, 5.74) is 2.81. The minimum Gasteiger partial charge on any atom is -0.372 e. The molecule has 0 amide bonds. The summed E-state index contributed by atoms with van der Waals surface area (Å²) >= 11 is 5.30.